The lowest BCUT2D eigenvalue weighted by atomic mass is 10.1. The second-order valence-electron chi connectivity index (χ2n) is 6.56. The largest absolute Gasteiger partial charge is 0.451 e. The van der Waals surface area contributed by atoms with Gasteiger partial charge in [0.15, 0.2) is 6.10 Å². The number of hydrogen-bond donors (Lipinski definition) is 0. The SMILES string of the molecule is CC(OC(=O)c1cccc(S(=O)(=O)N2CCCC2)c1)C(=O)c1ccc(Cl)cc1. The second kappa shape index (κ2) is 8.43. The van der Waals surface area contributed by atoms with Crippen LogP contribution in [0, 0.1) is 0 Å². The number of carbonyl (C=O) groups is 2. The normalized spacial score (nSPS) is 15.9. The van der Waals surface area contributed by atoms with E-state index in [0.29, 0.717) is 23.7 Å². The number of halogens is 1. The Bertz CT molecular complexity index is 982. The van der Waals surface area contributed by atoms with Crippen molar-refractivity contribution in [1.29, 1.82) is 0 Å². The molecule has 0 aliphatic carbocycles. The third kappa shape index (κ3) is 4.43. The van der Waals surface area contributed by atoms with Crippen LogP contribution in [0.2, 0.25) is 5.02 Å². The molecule has 1 aliphatic heterocycles. The fourth-order valence-corrected chi connectivity index (χ4v) is 4.68. The minimum Gasteiger partial charge on any atom is -0.451 e. The highest BCUT2D eigenvalue weighted by Gasteiger charge is 2.28. The summed E-state index contributed by atoms with van der Waals surface area (Å²) >= 11 is 5.81. The predicted octanol–water partition coefficient (Wildman–Crippen LogP) is 3.55. The van der Waals surface area contributed by atoms with E-state index >= 15 is 0 Å². The van der Waals surface area contributed by atoms with Gasteiger partial charge in [0.05, 0.1) is 10.5 Å². The molecule has 148 valence electrons. The number of ketones is 1. The second-order valence-corrected chi connectivity index (χ2v) is 8.93. The summed E-state index contributed by atoms with van der Waals surface area (Å²) in [6, 6.07) is 12.0. The smallest absolute Gasteiger partial charge is 0.338 e. The van der Waals surface area contributed by atoms with Gasteiger partial charge in [-0.3, -0.25) is 4.79 Å². The molecule has 2 aromatic carbocycles. The first-order valence-corrected chi connectivity index (χ1v) is 10.7. The fourth-order valence-electron chi connectivity index (χ4n) is 2.99. The molecule has 28 heavy (non-hydrogen) atoms. The van der Waals surface area contributed by atoms with Gasteiger partial charge in [0.25, 0.3) is 0 Å². The Morgan fingerprint density at radius 1 is 1.04 bits per heavy atom. The van der Waals surface area contributed by atoms with Gasteiger partial charge in [0, 0.05) is 23.7 Å². The van der Waals surface area contributed by atoms with E-state index in [-0.39, 0.29) is 16.2 Å². The summed E-state index contributed by atoms with van der Waals surface area (Å²) in [7, 11) is -3.64. The average molecular weight is 422 g/mol. The van der Waals surface area contributed by atoms with Crippen molar-refractivity contribution in [3.8, 4) is 0 Å². The van der Waals surface area contributed by atoms with Crippen LogP contribution in [0.15, 0.2) is 53.4 Å². The number of carbonyl (C=O) groups excluding carboxylic acids is 2. The highest BCUT2D eigenvalue weighted by molar-refractivity contribution is 7.89. The van der Waals surface area contributed by atoms with Crippen LogP contribution in [0.1, 0.15) is 40.5 Å². The van der Waals surface area contributed by atoms with Crippen LogP contribution >= 0.6 is 11.6 Å². The van der Waals surface area contributed by atoms with Crippen LogP contribution in [0.5, 0.6) is 0 Å². The summed E-state index contributed by atoms with van der Waals surface area (Å²) in [5.41, 5.74) is 0.450. The van der Waals surface area contributed by atoms with Crippen LogP contribution < -0.4 is 0 Å². The number of ether oxygens (including phenoxy) is 1. The van der Waals surface area contributed by atoms with Crippen molar-refractivity contribution in [3.05, 3.63) is 64.7 Å². The molecule has 1 atom stereocenters. The van der Waals surface area contributed by atoms with Gasteiger partial charge in [0.2, 0.25) is 15.8 Å². The van der Waals surface area contributed by atoms with Crippen molar-refractivity contribution < 1.29 is 22.7 Å². The van der Waals surface area contributed by atoms with Gasteiger partial charge in [-0.15, -0.1) is 0 Å². The van der Waals surface area contributed by atoms with Gasteiger partial charge in [-0.2, -0.15) is 4.31 Å². The molecule has 0 radical (unpaired) electrons. The Morgan fingerprint density at radius 2 is 1.68 bits per heavy atom. The summed E-state index contributed by atoms with van der Waals surface area (Å²) in [6.07, 6.45) is 0.629. The number of benzene rings is 2. The average Bonchev–Trinajstić information content (AvgIpc) is 3.24. The number of nitrogens with zero attached hydrogens (tertiary/aromatic N) is 1. The van der Waals surface area contributed by atoms with Crippen LogP contribution in [0.25, 0.3) is 0 Å². The van der Waals surface area contributed by atoms with Crippen LogP contribution in [0.4, 0.5) is 0 Å². The first-order valence-electron chi connectivity index (χ1n) is 8.90. The third-order valence-electron chi connectivity index (χ3n) is 4.55. The molecule has 0 bridgehead atoms. The quantitative estimate of drug-likeness (QED) is 0.526. The Kier molecular flexibility index (Phi) is 6.17. The maximum Gasteiger partial charge on any atom is 0.338 e. The lowest BCUT2D eigenvalue weighted by molar-refractivity contribution is 0.0318. The number of Topliss-reactive ketones (excluding diaryl/α,β-unsaturated/α-hetero) is 1. The van der Waals surface area contributed by atoms with Gasteiger partial charge in [-0.1, -0.05) is 17.7 Å². The molecule has 0 N–H and O–H groups in total. The number of sulfonamides is 1. The van der Waals surface area contributed by atoms with E-state index < -0.39 is 22.1 Å². The fraction of sp³-hybridized carbons (Fsp3) is 0.300. The Labute approximate surface area is 169 Å². The highest BCUT2D eigenvalue weighted by Crippen LogP contribution is 2.22. The molecule has 6 nitrogen and oxygen atoms in total. The molecule has 0 amide bonds. The van der Waals surface area contributed by atoms with Crippen molar-refractivity contribution in [1.82, 2.24) is 4.31 Å². The van der Waals surface area contributed by atoms with Crippen LogP contribution in [-0.4, -0.2) is 43.7 Å². The minimum absolute atomic E-state index is 0.0422. The standard InChI is InChI=1S/C20H20ClNO5S/c1-14(19(23)15-7-9-17(21)10-8-15)27-20(24)16-5-4-6-18(13-16)28(25,26)22-11-2-3-12-22/h4-10,13-14H,2-3,11-12H2,1H3. The van der Waals surface area contributed by atoms with E-state index in [0.717, 1.165) is 12.8 Å². The lowest BCUT2D eigenvalue weighted by Crippen LogP contribution is -2.28. The Hall–Kier alpha value is -2.22. The van der Waals surface area contributed by atoms with E-state index in [4.69, 9.17) is 16.3 Å². The highest BCUT2D eigenvalue weighted by atomic mass is 35.5. The molecule has 0 aromatic heterocycles. The molecular formula is C20H20ClNO5S. The number of rotatable bonds is 6. The summed E-state index contributed by atoms with van der Waals surface area (Å²) < 4.78 is 32.0. The summed E-state index contributed by atoms with van der Waals surface area (Å²) in [5.74, 6) is -1.13. The maximum absolute atomic E-state index is 12.7. The molecule has 1 heterocycles. The summed E-state index contributed by atoms with van der Waals surface area (Å²) in [5, 5.41) is 0.497. The zero-order valence-corrected chi connectivity index (χ0v) is 16.9. The lowest BCUT2D eigenvalue weighted by Gasteiger charge is -2.16. The first-order chi connectivity index (χ1) is 13.3. The van der Waals surface area contributed by atoms with Gasteiger partial charge < -0.3 is 4.74 Å². The minimum atomic E-state index is -3.64. The topological polar surface area (TPSA) is 80.8 Å². The molecule has 1 aliphatic rings. The molecule has 1 unspecified atom stereocenters. The zero-order valence-electron chi connectivity index (χ0n) is 15.3. The molecule has 1 saturated heterocycles. The van der Waals surface area contributed by atoms with Gasteiger partial charge >= 0.3 is 5.97 Å². The van der Waals surface area contributed by atoms with Crippen molar-refractivity contribution >= 4 is 33.4 Å². The van der Waals surface area contributed by atoms with E-state index in [1.54, 1.807) is 24.3 Å². The van der Waals surface area contributed by atoms with E-state index in [1.807, 2.05) is 0 Å². The number of esters is 1. The Balaban J connectivity index is 1.74. The maximum atomic E-state index is 12.7. The van der Waals surface area contributed by atoms with Gasteiger partial charge in [0.1, 0.15) is 0 Å². The molecule has 3 rings (SSSR count). The van der Waals surface area contributed by atoms with Crippen molar-refractivity contribution in [2.75, 3.05) is 13.1 Å². The zero-order chi connectivity index (χ0) is 20.3. The number of hydrogen-bond acceptors (Lipinski definition) is 5. The molecule has 0 saturated carbocycles. The van der Waals surface area contributed by atoms with Crippen molar-refractivity contribution in [2.45, 2.75) is 30.8 Å². The summed E-state index contributed by atoms with van der Waals surface area (Å²) in [6.45, 7) is 2.42. The first kappa shape index (κ1) is 20.5. The molecule has 0 spiro atoms. The molecule has 1 fully saturated rings. The van der Waals surface area contributed by atoms with E-state index in [2.05, 4.69) is 0 Å². The third-order valence-corrected chi connectivity index (χ3v) is 6.70. The van der Waals surface area contributed by atoms with Gasteiger partial charge in [-0.25, -0.2) is 13.2 Å². The van der Waals surface area contributed by atoms with Crippen molar-refractivity contribution in [2.24, 2.45) is 0 Å². The van der Waals surface area contributed by atoms with Crippen LogP contribution in [0.3, 0.4) is 0 Å². The summed E-state index contributed by atoms with van der Waals surface area (Å²) in [4.78, 5) is 24.9. The molecule has 2 aromatic rings. The molecule has 8 heteroatoms. The van der Waals surface area contributed by atoms with E-state index in [1.165, 1.54) is 35.5 Å². The van der Waals surface area contributed by atoms with Gasteiger partial charge in [-0.05, 0) is 62.2 Å². The van der Waals surface area contributed by atoms with E-state index in [9.17, 15) is 18.0 Å². The Morgan fingerprint density at radius 3 is 2.32 bits per heavy atom. The molecular weight excluding hydrogens is 402 g/mol. The predicted molar refractivity (Wildman–Crippen MR) is 105 cm³/mol. The monoisotopic (exact) mass is 421 g/mol. The van der Waals surface area contributed by atoms with Crippen LogP contribution in [-0.2, 0) is 14.8 Å². The van der Waals surface area contributed by atoms with Crippen molar-refractivity contribution in [3.63, 3.8) is 0 Å².